The molecule has 0 atom stereocenters. The van der Waals surface area contributed by atoms with Crippen LogP contribution in [0.25, 0.3) is 21.3 Å². The lowest BCUT2D eigenvalue weighted by Crippen LogP contribution is -2.40. The molecule has 0 fully saturated rings. The standard InChI is InChI=1S/C20H23N3O2S2/c1-20(2,3)23-18(24)17-16(21)15-13(10-14(26-5)22-19(15)27-17)11-7-6-8-12(9-11)25-4/h6-10H,21H2,1-5H3,(H,23,24). The van der Waals surface area contributed by atoms with E-state index in [-0.39, 0.29) is 11.4 Å². The van der Waals surface area contributed by atoms with Crippen LogP contribution in [0, 0.1) is 0 Å². The van der Waals surface area contributed by atoms with Crippen molar-refractivity contribution >= 4 is 44.9 Å². The van der Waals surface area contributed by atoms with Crippen LogP contribution in [-0.2, 0) is 0 Å². The molecule has 3 N–H and O–H groups in total. The van der Waals surface area contributed by atoms with Crippen molar-refractivity contribution in [3.05, 3.63) is 35.2 Å². The minimum atomic E-state index is -0.340. The topological polar surface area (TPSA) is 77.2 Å². The first-order chi connectivity index (χ1) is 12.7. The second-order valence-electron chi connectivity index (χ2n) is 7.17. The minimum Gasteiger partial charge on any atom is -0.497 e. The molecule has 0 aliphatic heterocycles. The van der Waals surface area contributed by atoms with Crippen molar-refractivity contribution in [2.75, 3.05) is 19.1 Å². The van der Waals surface area contributed by atoms with E-state index in [9.17, 15) is 4.79 Å². The number of thioether (sulfide) groups is 1. The molecule has 142 valence electrons. The number of carbonyl (C=O) groups is 1. The number of aromatic nitrogens is 1. The van der Waals surface area contributed by atoms with E-state index in [1.54, 1.807) is 18.9 Å². The summed E-state index contributed by atoms with van der Waals surface area (Å²) in [6.07, 6.45) is 1.98. The molecule has 7 heteroatoms. The van der Waals surface area contributed by atoms with Gasteiger partial charge in [-0.05, 0) is 56.4 Å². The predicted octanol–water partition coefficient (Wildman–Crippen LogP) is 4.80. The van der Waals surface area contributed by atoms with E-state index in [1.165, 1.54) is 11.3 Å². The fourth-order valence-electron chi connectivity index (χ4n) is 2.79. The Kier molecular flexibility index (Phi) is 5.35. The fraction of sp³-hybridized carbons (Fsp3) is 0.300. The van der Waals surface area contributed by atoms with Gasteiger partial charge in [0.25, 0.3) is 5.91 Å². The van der Waals surface area contributed by atoms with Crippen LogP contribution in [0.3, 0.4) is 0 Å². The quantitative estimate of drug-likeness (QED) is 0.614. The van der Waals surface area contributed by atoms with Crippen LogP contribution in [0.5, 0.6) is 5.75 Å². The van der Waals surface area contributed by atoms with Crippen LogP contribution in [0.4, 0.5) is 5.69 Å². The summed E-state index contributed by atoms with van der Waals surface area (Å²) in [5.74, 6) is 0.591. The largest absolute Gasteiger partial charge is 0.497 e. The van der Waals surface area contributed by atoms with Crippen LogP contribution in [0.2, 0.25) is 0 Å². The van der Waals surface area contributed by atoms with Crippen molar-refractivity contribution in [2.45, 2.75) is 31.3 Å². The molecular weight excluding hydrogens is 378 g/mol. The van der Waals surface area contributed by atoms with Crippen molar-refractivity contribution in [1.82, 2.24) is 10.3 Å². The highest BCUT2D eigenvalue weighted by Gasteiger charge is 2.24. The number of anilines is 1. The molecule has 0 bridgehead atoms. The van der Waals surface area contributed by atoms with Crippen molar-refractivity contribution < 1.29 is 9.53 Å². The molecule has 5 nitrogen and oxygen atoms in total. The first-order valence-electron chi connectivity index (χ1n) is 8.47. The van der Waals surface area contributed by atoms with Gasteiger partial charge >= 0.3 is 0 Å². The fourth-order valence-corrected chi connectivity index (χ4v) is 4.28. The minimum absolute atomic E-state index is 0.176. The number of ether oxygens (including phenoxy) is 1. The molecule has 0 aliphatic carbocycles. The van der Waals surface area contributed by atoms with Gasteiger partial charge in [-0.3, -0.25) is 4.79 Å². The summed E-state index contributed by atoms with van der Waals surface area (Å²) in [4.78, 5) is 18.6. The first-order valence-corrected chi connectivity index (χ1v) is 10.5. The maximum Gasteiger partial charge on any atom is 0.263 e. The van der Waals surface area contributed by atoms with E-state index in [1.807, 2.05) is 57.4 Å². The summed E-state index contributed by atoms with van der Waals surface area (Å²) in [6.45, 7) is 5.83. The van der Waals surface area contributed by atoms with E-state index in [0.717, 1.165) is 32.1 Å². The molecule has 1 amide bonds. The van der Waals surface area contributed by atoms with Gasteiger partial charge in [0.15, 0.2) is 0 Å². The zero-order chi connectivity index (χ0) is 19.8. The average molecular weight is 402 g/mol. The number of methoxy groups -OCH3 is 1. The number of carbonyl (C=O) groups excluding carboxylic acids is 1. The molecule has 0 unspecified atom stereocenters. The van der Waals surface area contributed by atoms with Crippen molar-refractivity contribution in [1.29, 1.82) is 0 Å². The number of nitrogen functional groups attached to an aromatic ring is 1. The summed E-state index contributed by atoms with van der Waals surface area (Å²) in [5, 5.41) is 4.67. The molecule has 0 radical (unpaired) electrons. The Hall–Kier alpha value is -2.25. The third-order valence-corrected chi connectivity index (χ3v) is 5.69. The molecule has 1 aromatic carbocycles. The number of rotatable bonds is 4. The van der Waals surface area contributed by atoms with Crippen LogP contribution < -0.4 is 15.8 Å². The number of nitrogens with one attached hydrogen (secondary N) is 1. The van der Waals surface area contributed by atoms with Crippen LogP contribution in [-0.4, -0.2) is 29.8 Å². The molecule has 3 aromatic rings. The number of fused-ring (bicyclic) bond motifs is 1. The van der Waals surface area contributed by atoms with E-state index in [0.29, 0.717) is 10.6 Å². The van der Waals surface area contributed by atoms with Gasteiger partial charge in [-0.2, -0.15) is 0 Å². The maximum atomic E-state index is 12.7. The lowest BCUT2D eigenvalue weighted by Gasteiger charge is -2.20. The molecule has 2 aromatic heterocycles. The Morgan fingerprint density at radius 2 is 2.04 bits per heavy atom. The highest BCUT2D eigenvalue weighted by atomic mass is 32.2. The number of nitrogens with two attached hydrogens (primary N) is 1. The van der Waals surface area contributed by atoms with Crippen molar-refractivity contribution in [3.63, 3.8) is 0 Å². The highest BCUT2D eigenvalue weighted by Crippen LogP contribution is 2.41. The lowest BCUT2D eigenvalue weighted by molar-refractivity contribution is 0.0924. The lowest BCUT2D eigenvalue weighted by atomic mass is 10.0. The number of benzene rings is 1. The number of amides is 1. The molecule has 0 aliphatic rings. The second-order valence-corrected chi connectivity index (χ2v) is 9.00. The van der Waals surface area contributed by atoms with Crippen LogP contribution in [0.1, 0.15) is 30.4 Å². The SMILES string of the molecule is COc1cccc(-c2cc(SC)nc3sc(C(=O)NC(C)(C)C)c(N)c23)c1. The summed E-state index contributed by atoms with van der Waals surface area (Å²) in [6, 6.07) is 9.82. The zero-order valence-corrected chi connectivity index (χ0v) is 17.7. The highest BCUT2D eigenvalue weighted by molar-refractivity contribution is 7.98. The van der Waals surface area contributed by atoms with Crippen molar-refractivity contribution in [3.8, 4) is 16.9 Å². The number of pyridine rings is 1. The Labute approximate surface area is 167 Å². The van der Waals surface area contributed by atoms with Gasteiger partial charge in [-0.15, -0.1) is 23.1 Å². The molecule has 2 heterocycles. The third-order valence-electron chi connectivity index (χ3n) is 3.96. The molecule has 3 rings (SSSR count). The molecule has 0 spiro atoms. The van der Waals surface area contributed by atoms with E-state index < -0.39 is 0 Å². The first kappa shape index (κ1) is 19.5. The average Bonchev–Trinajstić information content (AvgIpc) is 2.96. The van der Waals surface area contributed by atoms with Crippen LogP contribution in [0.15, 0.2) is 35.4 Å². The Morgan fingerprint density at radius 1 is 1.30 bits per heavy atom. The summed E-state index contributed by atoms with van der Waals surface area (Å²) < 4.78 is 5.36. The smallest absolute Gasteiger partial charge is 0.263 e. The molecular formula is C20H23N3O2S2. The van der Waals surface area contributed by atoms with Gasteiger partial charge in [0.05, 0.1) is 17.8 Å². The van der Waals surface area contributed by atoms with Gasteiger partial charge < -0.3 is 15.8 Å². The van der Waals surface area contributed by atoms with E-state index in [4.69, 9.17) is 10.5 Å². The van der Waals surface area contributed by atoms with Gasteiger partial charge in [-0.25, -0.2) is 4.98 Å². The maximum absolute atomic E-state index is 12.7. The molecule has 0 saturated carbocycles. The predicted molar refractivity (Wildman–Crippen MR) is 115 cm³/mol. The number of nitrogens with zero attached hydrogens (tertiary/aromatic N) is 1. The molecule has 27 heavy (non-hydrogen) atoms. The van der Waals surface area contributed by atoms with E-state index in [2.05, 4.69) is 10.3 Å². The number of hydrogen-bond donors (Lipinski definition) is 2. The van der Waals surface area contributed by atoms with E-state index >= 15 is 0 Å². The monoisotopic (exact) mass is 401 g/mol. The summed E-state index contributed by atoms with van der Waals surface area (Å²) in [5.41, 5.74) is 8.48. The third kappa shape index (κ3) is 4.04. The van der Waals surface area contributed by atoms with Gasteiger partial charge in [0, 0.05) is 10.9 Å². The summed E-state index contributed by atoms with van der Waals surface area (Å²) in [7, 11) is 1.64. The van der Waals surface area contributed by atoms with Crippen LogP contribution >= 0.6 is 23.1 Å². The van der Waals surface area contributed by atoms with Crippen molar-refractivity contribution in [2.24, 2.45) is 0 Å². The van der Waals surface area contributed by atoms with Gasteiger partial charge in [0.2, 0.25) is 0 Å². The summed E-state index contributed by atoms with van der Waals surface area (Å²) >= 11 is 2.89. The molecule has 0 saturated heterocycles. The Bertz CT molecular complexity index is 1010. The van der Waals surface area contributed by atoms with Gasteiger partial charge in [0.1, 0.15) is 15.5 Å². The number of thiophene rings is 1. The number of hydrogen-bond acceptors (Lipinski definition) is 6. The Morgan fingerprint density at radius 3 is 2.67 bits per heavy atom. The normalized spacial score (nSPS) is 11.6. The second kappa shape index (κ2) is 7.40. The van der Waals surface area contributed by atoms with Gasteiger partial charge in [-0.1, -0.05) is 12.1 Å². The zero-order valence-electron chi connectivity index (χ0n) is 16.0. The Balaban J connectivity index is 2.22.